The molecule has 0 saturated heterocycles. The monoisotopic (exact) mass is 1020 g/mol. The van der Waals surface area contributed by atoms with Gasteiger partial charge < -0.3 is 14.2 Å². The lowest BCUT2D eigenvalue weighted by Crippen LogP contribution is -2.30. The molecule has 0 saturated carbocycles. The molecule has 0 N–H and O–H groups in total. The van der Waals surface area contributed by atoms with Crippen LogP contribution in [0.3, 0.4) is 0 Å². The van der Waals surface area contributed by atoms with Gasteiger partial charge in [0.25, 0.3) is 0 Å². The van der Waals surface area contributed by atoms with Crippen molar-refractivity contribution in [2.24, 2.45) is 0 Å². The Hall–Kier alpha value is -4.71. The highest BCUT2D eigenvalue weighted by Gasteiger charge is 2.19. The van der Waals surface area contributed by atoms with Crippen molar-refractivity contribution < 1.29 is 28.6 Å². The van der Waals surface area contributed by atoms with Gasteiger partial charge in [0.1, 0.15) is 13.2 Å². The van der Waals surface area contributed by atoms with E-state index in [9.17, 15) is 14.4 Å². The summed E-state index contributed by atoms with van der Waals surface area (Å²) >= 11 is 0. The van der Waals surface area contributed by atoms with Gasteiger partial charge in [0.15, 0.2) is 6.10 Å². The Morgan fingerprint density at radius 3 is 0.878 bits per heavy atom. The number of ether oxygens (including phenoxy) is 3. The van der Waals surface area contributed by atoms with E-state index >= 15 is 0 Å². The Balaban J connectivity index is 4.41. The first kappa shape index (κ1) is 69.3. The van der Waals surface area contributed by atoms with Gasteiger partial charge in [-0.25, -0.2) is 0 Å². The Kier molecular flexibility index (Phi) is 57.0. The normalized spacial score (nSPS) is 13.2. The molecule has 0 heterocycles. The molecule has 0 amide bonds. The van der Waals surface area contributed by atoms with Gasteiger partial charge in [-0.15, -0.1) is 0 Å². The van der Waals surface area contributed by atoms with Crippen LogP contribution >= 0.6 is 0 Å². The Morgan fingerprint density at radius 2 is 0.541 bits per heavy atom. The minimum absolute atomic E-state index is 0.112. The topological polar surface area (TPSA) is 78.9 Å². The average molecular weight is 1020 g/mol. The van der Waals surface area contributed by atoms with Crippen molar-refractivity contribution in [3.05, 3.63) is 146 Å². The van der Waals surface area contributed by atoms with Crippen LogP contribution in [-0.4, -0.2) is 37.2 Å². The van der Waals surface area contributed by atoms with Crippen LogP contribution in [0.5, 0.6) is 0 Å². The lowest BCUT2D eigenvalue weighted by molar-refractivity contribution is -0.167. The number of carbonyl (C=O) groups excluding carboxylic acids is 3. The highest BCUT2D eigenvalue weighted by Crippen LogP contribution is 2.14. The molecule has 0 aromatic heterocycles. The molecule has 0 aliphatic rings. The summed E-state index contributed by atoms with van der Waals surface area (Å²) in [5.41, 5.74) is 0. The second-order valence-corrected chi connectivity index (χ2v) is 19.1. The van der Waals surface area contributed by atoms with Crippen LogP contribution in [0.1, 0.15) is 245 Å². The number of hydrogen-bond acceptors (Lipinski definition) is 6. The molecular formula is C68H108O6. The smallest absolute Gasteiger partial charge is 0.306 e. The van der Waals surface area contributed by atoms with Crippen LogP contribution in [0.15, 0.2) is 146 Å². The molecule has 0 aliphatic carbocycles. The quantitative estimate of drug-likeness (QED) is 0.0261. The first-order valence-corrected chi connectivity index (χ1v) is 29.8. The molecule has 416 valence electrons. The van der Waals surface area contributed by atoms with E-state index in [1.165, 1.54) is 64.2 Å². The Bertz CT molecular complexity index is 1640. The van der Waals surface area contributed by atoms with E-state index < -0.39 is 6.10 Å². The maximum atomic E-state index is 12.8. The summed E-state index contributed by atoms with van der Waals surface area (Å²) < 4.78 is 16.8. The van der Waals surface area contributed by atoms with Gasteiger partial charge >= 0.3 is 17.9 Å². The van der Waals surface area contributed by atoms with Gasteiger partial charge in [0.2, 0.25) is 0 Å². The third-order valence-corrected chi connectivity index (χ3v) is 12.1. The van der Waals surface area contributed by atoms with Crippen LogP contribution in [0.25, 0.3) is 0 Å². The summed E-state index contributed by atoms with van der Waals surface area (Å²) in [4.78, 5) is 38.2. The molecule has 0 aliphatic heterocycles. The van der Waals surface area contributed by atoms with Gasteiger partial charge in [-0.1, -0.05) is 237 Å². The summed E-state index contributed by atoms with van der Waals surface area (Å²) in [5.74, 6) is -0.994. The molecule has 0 aromatic rings. The zero-order valence-corrected chi connectivity index (χ0v) is 47.5. The van der Waals surface area contributed by atoms with Crippen molar-refractivity contribution in [3.63, 3.8) is 0 Å². The highest BCUT2D eigenvalue weighted by atomic mass is 16.6. The van der Waals surface area contributed by atoms with E-state index in [4.69, 9.17) is 14.2 Å². The minimum Gasteiger partial charge on any atom is -0.462 e. The standard InChI is InChI=1S/C68H108O6/c1-4-7-10-13-16-19-22-25-27-29-30-31-32-33-34-35-36-37-38-40-41-43-46-49-52-55-58-61-67(70)73-64-65(63-72-66(69)60-57-54-51-48-45-24-21-18-15-12-9-6-3)74-68(71)62-59-56-53-50-47-44-42-39-28-26-23-20-17-14-11-8-5-2/h7-8,10-11,16-21,25-28,30-31,33-34,36-37,42,44,50,53,65H,4-6,9,12-15,22-24,29,32,35,38-41,43,45-49,51-52,54-64H2,1-3H3/b10-7-,11-8-,19-16-,20-17-,21-18-,27-25-,28-26-,31-30-,34-33-,37-36-,44-42-,53-50-. The maximum Gasteiger partial charge on any atom is 0.306 e. The number of carbonyl (C=O) groups is 3. The summed E-state index contributed by atoms with van der Waals surface area (Å²) in [6.45, 7) is 6.31. The molecule has 0 spiro atoms. The molecular weight excluding hydrogens is 913 g/mol. The van der Waals surface area contributed by atoms with E-state index in [0.29, 0.717) is 19.3 Å². The molecule has 6 heteroatoms. The largest absolute Gasteiger partial charge is 0.462 e. The van der Waals surface area contributed by atoms with Crippen LogP contribution in [0.2, 0.25) is 0 Å². The lowest BCUT2D eigenvalue weighted by Gasteiger charge is -2.18. The predicted octanol–water partition coefficient (Wildman–Crippen LogP) is 20.4. The van der Waals surface area contributed by atoms with Gasteiger partial charge in [-0.3, -0.25) is 14.4 Å². The Labute approximate surface area is 455 Å². The first-order valence-electron chi connectivity index (χ1n) is 29.8. The number of esters is 3. The highest BCUT2D eigenvalue weighted by molar-refractivity contribution is 5.71. The van der Waals surface area contributed by atoms with Gasteiger partial charge in [-0.05, 0) is 135 Å². The van der Waals surface area contributed by atoms with Crippen molar-refractivity contribution in [2.45, 2.75) is 252 Å². The van der Waals surface area contributed by atoms with Crippen LogP contribution < -0.4 is 0 Å². The molecule has 0 rings (SSSR count). The van der Waals surface area contributed by atoms with Crippen molar-refractivity contribution in [1.29, 1.82) is 0 Å². The molecule has 1 unspecified atom stereocenters. The summed E-state index contributed by atoms with van der Waals surface area (Å²) in [6, 6.07) is 0. The first-order chi connectivity index (χ1) is 36.5. The van der Waals surface area contributed by atoms with Crippen LogP contribution in [0, 0.1) is 0 Å². The zero-order chi connectivity index (χ0) is 53.6. The lowest BCUT2D eigenvalue weighted by atomic mass is 10.1. The number of allylic oxidation sites excluding steroid dienone is 24. The zero-order valence-electron chi connectivity index (χ0n) is 47.5. The van der Waals surface area contributed by atoms with Gasteiger partial charge in [-0.2, -0.15) is 0 Å². The van der Waals surface area contributed by atoms with Crippen LogP contribution in [-0.2, 0) is 28.6 Å². The van der Waals surface area contributed by atoms with Crippen molar-refractivity contribution in [1.82, 2.24) is 0 Å². The number of hydrogen-bond donors (Lipinski definition) is 0. The van der Waals surface area contributed by atoms with Crippen molar-refractivity contribution in [2.75, 3.05) is 13.2 Å². The van der Waals surface area contributed by atoms with Crippen molar-refractivity contribution >= 4 is 17.9 Å². The molecule has 0 radical (unpaired) electrons. The SMILES string of the molecule is CC/C=C\C/C=C\C/C=C\C/C=C\C/C=C\C/C=C\CCCCCCCCCCC(=O)OCC(COC(=O)CCCCCCC/C=C\CCCCC)OC(=O)CCC/C=C\C/C=C\C/C=C\C/C=C\C/C=C\CC. The predicted molar refractivity (Wildman–Crippen MR) is 320 cm³/mol. The van der Waals surface area contributed by atoms with E-state index in [2.05, 4.69) is 167 Å². The fourth-order valence-electron chi connectivity index (χ4n) is 7.65. The van der Waals surface area contributed by atoms with Crippen molar-refractivity contribution in [3.8, 4) is 0 Å². The van der Waals surface area contributed by atoms with E-state index in [-0.39, 0.29) is 37.5 Å². The van der Waals surface area contributed by atoms with Gasteiger partial charge in [0.05, 0.1) is 0 Å². The third-order valence-electron chi connectivity index (χ3n) is 12.1. The molecule has 1 atom stereocenters. The van der Waals surface area contributed by atoms with Crippen LogP contribution in [0.4, 0.5) is 0 Å². The fraction of sp³-hybridized carbons (Fsp3) is 0.603. The fourth-order valence-corrected chi connectivity index (χ4v) is 7.65. The average Bonchev–Trinajstić information content (AvgIpc) is 3.40. The summed E-state index contributed by atoms with van der Waals surface area (Å²) in [5, 5.41) is 0. The Morgan fingerprint density at radius 1 is 0.284 bits per heavy atom. The molecule has 6 nitrogen and oxygen atoms in total. The summed E-state index contributed by atoms with van der Waals surface area (Å²) in [7, 11) is 0. The summed E-state index contributed by atoms with van der Waals surface area (Å²) in [6.07, 6.45) is 87.1. The third kappa shape index (κ3) is 58.2. The van der Waals surface area contributed by atoms with Gasteiger partial charge in [0, 0.05) is 19.3 Å². The van der Waals surface area contributed by atoms with E-state index in [0.717, 1.165) is 135 Å². The minimum atomic E-state index is -0.821. The molecule has 0 bridgehead atoms. The number of unbranched alkanes of at least 4 members (excludes halogenated alkanes) is 17. The molecule has 74 heavy (non-hydrogen) atoms. The van der Waals surface area contributed by atoms with E-state index in [1.807, 2.05) is 0 Å². The maximum absolute atomic E-state index is 12.8. The second kappa shape index (κ2) is 60.8. The molecule has 0 aromatic carbocycles. The number of rotatable bonds is 52. The molecule has 0 fully saturated rings. The second-order valence-electron chi connectivity index (χ2n) is 19.1. The van der Waals surface area contributed by atoms with E-state index in [1.54, 1.807) is 0 Å².